The first kappa shape index (κ1) is 11.8. The maximum absolute atomic E-state index is 10.1. The minimum Gasteiger partial charge on any atom is -0.480 e. The van der Waals surface area contributed by atoms with E-state index in [-0.39, 0.29) is 6.61 Å². The Balaban J connectivity index is 1.95. The van der Waals surface area contributed by atoms with Crippen LogP contribution in [0.15, 0.2) is 0 Å². The molecule has 1 aliphatic rings. The van der Waals surface area contributed by atoms with Crippen molar-refractivity contribution in [3.8, 4) is 0 Å². The van der Waals surface area contributed by atoms with Crippen molar-refractivity contribution in [2.45, 2.75) is 31.7 Å². The smallest absolute Gasteiger partial charge is 0.329 e. The van der Waals surface area contributed by atoms with Gasteiger partial charge in [0.1, 0.15) is 6.61 Å². The molecule has 0 aromatic rings. The van der Waals surface area contributed by atoms with E-state index < -0.39 is 5.97 Å². The number of thiol groups is 1. The second kappa shape index (κ2) is 6.27. The van der Waals surface area contributed by atoms with Gasteiger partial charge in [0.25, 0.3) is 0 Å². The summed E-state index contributed by atoms with van der Waals surface area (Å²) in [6.45, 7) is 1.41. The Labute approximate surface area is 89.8 Å². The van der Waals surface area contributed by atoms with E-state index in [0.717, 1.165) is 19.4 Å². The van der Waals surface area contributed by atoms with Gasteiger partial charge in [0.15, 0.2) is 0 Å². The van der Waals surface area contributed by atoms with E-state index in [4.69, 9.17) is 9.84 Å². The Morgan fingerprint density at radius 1 is 1.64 bits per heavy atom. The number of carboxylic acid groups (broad SMARTS) is 1. The highest BCUT2D eigenvalue weighted by atomic mass is 32.1. The van der Waals surface area contributed by atoms with E-state index in [9.17, 15) is 4.79 Å². The molecule has 0 aromatic carbocycles. The van der Waals surface area contributed by atoms with Crippen LogP contribution in [0.25, 0.3) is 0 Å². The molecule has 0 aliphatic carbocycles. The monoisotopic (exact) mass is 219 g/mol. The van der Waals surface area contributed by atoms with Crippen molar-refractivity contribution in [1.29, 1.82) is 0 Å². The van der Waals surface area contributed by atoms with Crippen LogP contribution < -0.4 is 0 Å². The molecule has 5 heteroatoms. The zero-order chi connectivity index (χ0) is 10.4. The molecular weight excluding hydrogens is 202 g/mol. The number of carbonyl (C=O) groups is 1. The van der Waals surface area contributed by atoms with Gasteiger partial charge in [-0.15, -0.1) is 0 Å². The first-order valence-electron chi connectivity index (χ1n) is 4.95. The predicted octanol–water partition coefficient (Wildman–Crippen LogP) is 1.18. The summed E-state index contributed by atoms with van der Waals surface area (Å²) in [6, 6.07) is 0.548. The molecule has 1 saturated heterocycles. The molecule has 0 bridgehead atoms. The van der Waals surface area contributed by atoms with Gasteiger partial charge in [-0.3, -0.25) is 4.31 Å². The molecule has 1 rings (SSSR count). The summed E-state index contributed by atoms with van der Waals surface area (Å²) in [5.74, 6) is -0.901. The average Bonchev–Trinajstić information content (AvgIpc) is 2.51. The van der Waals surface area contributed by atoms with Gasteiger partial charge in [-0.05, 0) is 25.7 Å². The summed E-state index contributed by atoms with van der Waals surface area (Å²) in [7, 11) is 0. The van der Waals surface area contributed by atoms with Crippen LogP contribution in [0.4, 0.5) is 0 Å². The summed E-state index contributed by atoms with van der Waals surface area (Å²) < 4.78 is 7.01. The highest BCUT2D eigenvalue weighted by molar-refractivity contribution is 7.77. The van der Waals surface area contributed by atoms with Gasteiger partial charge in [0, 0.05) is 19.2 Å². The molecule has 1 aliphatic heterocycles. The lowest BCUT2D eigenvalue weighted by molar-refractivity contribution is -0.142. The van der Waals surface area contributed by atoms with Crippen molar-refractivity contribution in [2.24, 2.45) is 0 Å². The number of hydrogen-bond acceptors (Lipinski definition) is 4. The second-order valence-corrected chi connectivity index (χ2v) is 4.06. The molecule has 0 radical (unpaired) electrons. The average molecular weight is 219 g/mol. The number of hydrogen-bond donors (Lipinski definition) is 2. The molecule has 4 nitrogen and oxygen atoms in total. The minimum atomic E-state index is -0.901. The van der Waals surface area contributed by atoms with Crippen molar-refractivity contribution in [2.75, 3.05) is 19.8 Å². The van der Waals surface area contributed by atoms with Crippen LogP contribution in [0, 0.1) is 0 Å². The number of rotatable bonds is 6. The molecule has 0 amide bonds. The molecule has 0 aromatic heterocycles. The normalized spacial score (nSPS) is 22.8. The summed E-state index contributed by atoms with van der Waals surface area (Å²) in [5.41, 5.74) is 0. The summed E-state index contributed by atoms with van der Waals surface area (Å²) in [6.07, 6.45) is 4.37. The Bertz CT molecular complexity index is 189. The topological polar surface area (TPSA) is 49.8 Å². The van der Waals surface area contributed by atoms with Crippen molar-refractivity contribution >= 4 is 18.8 Å². The van der Waals surface area contributed by atoms with Crippen molar-refractivity contribution in [3.05, 3.63) is 0 Å². The molecular formula is C9H17NO3S. The minimum absolute atomic E-state index is 0.185. The zero-order valence-electron chi connectivity index (χ0n) is 8.19. The largest absolute Gasteiger partial charge is 0.480 e. The number of carboxylic acids is 1. The third-order valence-corrected chi connectivity index (χ3v) is 2.92. The maximum Gasteiger partial charge on any atom is 0.329 e. The van der Waals surface area contributed by atoms with Crippen LogP contribution in [-0.2, 0) is 9.53 Å². The summed E-state index contributed by atoms with van der Waals surface area (Å²) >= 11 is 4.34. The SMILES string of the molecule is O=C(O)COCCC[C@@H]1CCCN1S. The van der Waals surface area contributed by atoms with Gasteiger partial charge < -0.3 is 9.84 Å². The molecule has 0 unspecified atom stereocenters. The quantitative estimate of drug-likeness (QED) is 0.520. The van der Waals surface area contributed by atoms with Crippen LogP contribution in [0.5, 0.6) is 0 Å². The van der Waals surface area contributed by atoms with Crippen LogP contribution in [0.1, 0.15) is 25.7 Å². The van der Waals surface area contributed by atoms with Gasteiger partial charge >= 0.3 is 5.97 Å². The van der Waals surface area contributed by atoms with E-state index in [1.807, 2.05) is 0 Å². The lowest BCUT2D eigenvalue weighted by Crippen LogP contribution is -2.20. The first-order valence-corrected chi connectivity index (χ1v) is 5.35. The highest BCUT2D eigenvalue weighted by Crippen LogP contribution is 2.22. The predicted molar refractivity (Wildman–Crippen MR) is 56.4 cm³/mol. The fourth-order valence-electron chi connectivity index (χ4n) is 1.69. The molecule has 82 valence electrons. The lowest BCUT2D eigenvalue weighted by Gasteiger charge is -2.17. The van der Waals surface area contributed by atoms with E-state index >= 15 is 0 Å². The Morgan fingerprint density at radius 3 is 3.00 bits per heavy atom. The summed E-state index contributed by atoms with van der Waals surface area (Å²) in [5, 5.41) is 8.32. The number of aliphatic carboxylic acids is 1. The number of nitrogens with zero attached hydrogens (tertiary/aromatic N) is 1. The second-order valence-electron chi connectivity index (χ2n) is 3.55. The third kappa shape index (κ3) is 4.30. The molecule has 1 N–H and O–H groups in total. The number of ether oxygens (including phenoxy) is 1. The van der Waals surface area contributed by atoms with Crippen LogP contribution >= 0.6 is 12.8 Å². The maximum atomic E-state index is 10.1. The van der Waals surface area contributed by atoms with Crippen LogP contribution in [0.3, 0.4) is 0 Å². The Hall–Kier alpha value is -0.260. The van der Waals surface area contributed by atoms with Gasteiger partial charge in [-0.2, -0.15) is 0 Å². The van der Waals surface area contributed by atoms with E-state index in [0.29, 0.717) is 12.6 Å². The van der Waals surface area contributed by atoms with E-state index in [1.54, 1.807) is 0 Å². The van der Waals surface area contributed by atoms with Crippen LogP contribution in [0.2, 0.25) is 0 Å². The fraction of sp³-hybridized carbons (Fsp3) is 0.889. The zero-order valence-corrected chi connectivity index (χ0v) is 9.08. The lowest BCUT2D eigenvalue weighted by atomic mass is 10.1. The van der Waals surface area contributed by atoms with Gasteiger partial charge in [0.05, 0.1) is 0 Å². The standard InChI is InChI=1S/C9H17NO3S/c11-9(12)7-13-6-2-4-8-3-1-5-10(8)14/h8,14H,1-7H2,(H,11,12)/t8-/m0/s1. The highest BCUT2D eigenvalue weighted by Gasteiger charge is 2.20. The van der Waals surface area contributed by atoms with Crippen molar-refractivity contribution in [3.63, 3.8) is 0 Å². The Morgan fingerprint density at radius 2 is 2.43 bits per heavy atom. The molecule has 14 heavy (non-hydrogen) atoms. The molecule has 1 atom stereocenters. The van der Waals surface area contributed by atoms with Gasteiger partial charge in [-0.25, -0.2) is 4.79 Å². The van der Waals surface area contributed by atoms with E-state index in [2.05, 4.69) is 17.1 Å². The van der Waals surface area contributed by atoms with Gasteiger partial charge in [0.2, 0.25) is 0 Å². The van der Waals surface area contributed by atoms with Crippen LogP contribution in [-0.4, -0.2) is 41.2 Å². The van der Waals surface area contributed by atoms with Crippen molar-refractivity contribution in [1.82, 2.24) is 4.31 Å². The summed E-state index contributed by atoms with van der Waals surface area (Å²) in [4.78, 5) is 10.1. The molecule has 1 heterocycles. The van der Waals surface area contributed by atoms with E-state index in [1.165, 1.54) is 12.8 Å². The fourth-order valence-corrected chi connectivity index (χ4v) is 2.07. The van der Waals surface area contributed by atoms with Crippen molar-refractivity contribution < 1.29 is 14.6 Å². The first-order chi connectivity index (χ1) is 6.70. The third-order valence-electron chi connectivity index (χ3n) is 2.40. The van der Waals surface area contributed by atoms with Gasteiger partial charge in [-0.1, -0.05) is 12.8 Å². The molecule has 0 saturated carbocycles. The molecule has 0 spiro atoms. The Kier molecular flexibility index (Phi) is 5.29. The molecule has 1 fully saturated rings.